The number of fused-ring (bicyclic) bond motifs is 1. The SMILES string of the molecule is CCOP(C)(=O)CO[C@H]1O[C@H]2OC(C)(C)OC2[C@H]1O. The minimum atomic E-state index is -2.82. The summed E-state index contributed by atoms with van der Waals surface area (Å²) >= 11 is 0. The van der Waals surface area contributed by atoms with Crippen molar-refractivity contribution in [2.45, 2.75) is 51.3 Å². The highest BCUT2D eigenvalue weighted by atomic mass is 31.2. The van der Waals surface area contributed by atoms with Crippen LogP contribution < -0.4 is 0 Å². The fourth-order valence-corrected chi connectivity index (χ4v) is 3.16. The Balaban J connectivity index is 1.87. The standard InChI is InChI=1S/C11H21O7P/c1-5-15-19(4,13)6-14-9-7(12)8-10(16-9)18-11(2,3)17-8/h7-10,12H,5-6H2,1-4H3/t7-,8?,9+,10+,19?/m1/s1. The molecule has 0 radical (unpaired) electrons. The van der Waals surface area contributed by atoms with E-state index in [9.17, 15) is 9.67 Å². The zero-order valence-electron chi connectivity index (χ0n) is 11.6. The molecule has 2 aliphatic heterocycles. The van der Waals surface area contributed by atoms with Crippen LogP contribution >= 0.6 is 7.37 Å². The zero-order chi connectivity index (χ0) is 14.3. The van der Waals surface area contributed by atoms with Crippen LogP contribution in [0.15, 0.2) is 0 Å². The average molecular weight is 296 g/mol. The molecule has 2 saturated heterocycles. The van der Waals surface area contributed by atoms with Crippen LogP contribution in [0.4, 0.5) is 0 Å². The van der Waals surface area contributed by atoms with Crippen molar-refractivity contribution in [2.24, 2.45) is 0 Å². The van der Waals surface area contributed by atoms with Gasteiger partial charge in [-0.3, -0.25) is 4.57 Å². The third-order valence-corrected chi connectivity index (χ3v) is 4.27. The summed E-state index contributed by atoms with van der Waals surface area (Å²) in [7, 11) is -2.82. The van der Waals surface area contributed by atoms with Crippen LogP contribution in [0.5, 0.6) is 0 Å². The van der Waals surface area contributed by atoms with Gasteiger partial charge in [0.25, 0.3) is 0 Å². The summed E-state index contributed by atoms with van der Waals surface area (Å²) in [5.74, 6) is -0.785. The van der Waals surface area contributed by atoms with Gasteiger partial charge in [0.15, 0.2) is 18.4 Å². The molecule has 8 heteroatoms. The fraction of sp³-hybridized carbons (Fsp3) is 1.00. The van der Waals surface area contributed by atoms with Crippen molar-refractivity contribution in [1.29, 1.82) is 0 Å². The predicted octanol–water partition coefficient (Wildman–Crippen LogP) is 1.10. The Morgan fingerprint density at radius 1 is 1.37 bits per heavy atom. The van der Waals surface area contributed by atoms with E-state index >= 15 is 0 Å². The van der Waals surface area contributed by atoms with Crippen molar-refractivity contribution in [3.63, 3.8) is 0 Å². The zero-order valence-corrected chi connectivity index (χ0v) is 12.5. The van der Waals surface area contributed by atoms with E-state index in [4.69, 9.17) is 23.5 Å². The molecule has 2 heterocycles. The molecule has 2 unspecified atom stereocenters. The van der Waals surface area contributed by atoms with Crippen LogP contribution in [0.3, 0.4) is 0 Å². The summed E-state index contributed by atoms with van der Waals surface area (Å²) in [4.78, 5) is 0. The maximum atomic E-state index is 11.9. The first-order valence-corrected chi connectivity index (χ1v) is 8.52. The molecule has 0 amide bonds. The molecule has 112 valence electrons. The summed E-state index contributed by atoms with van der Waals surface area (Å²) in [5, 5.41) is 10.0. The number of rotatable bonds is 5. The van der Waals surface area contributed by atoms with Gasteiger partial charge in [-0.25, -0.2) is 0 Å². The second-order valence-electron chi connectivity index (χ2n) is 5.19. The Bertz CT molecular complexity index is 372. The Labute approximate surface area is 112 Å². The molecule has 1 N–H and O–H groups in total. The molecule has 0 bridgehead atoms. The Morgan fingerprint density at radius 2 is 2.05 bits per heavy atom. The van der Waals surface area contributed by atoms with E-state index in [-0.39, 0.29) is 6.35 Å². The minimum Gasteiger partial charge on any atom is -0.385 e. The fourth-order valence-electron chi connectivity index (χ4n) is 2.12. The van der Waals surface area contributed by atoms with Gasteiger partial charge >= 0.3 is 0 Å². The number of hydrogen-bond acceptors (Lipinski definition) is 7. The largest absolute Gasteiger partial charge is 0.385 e. The molecule has 0 aliphatic carbocycles. The lowest BCUT2D eigenvalue weighted by atomic mass is 10.2. The molecule has 2 rings (SSSR count). The molecular weight excluding hydrogens is 275 g/mol. The lowest BCUT2D eigenvalue weighted by Gasteiger charge is -2.23. The van der Waals surface area contributed by atoms with Gasteiger partial charge in [-0.05, 0) is 20.8 Å². The smallest absolute Gasteiger partial charge is 0.225 e. The lowest BCUT2D eigenvalue weighted by Crippen LogP contribution is -2.35. The lowest BCUT2D eigenvalue weighted by molar-refractivity contribution is -0.257. The molecule has 0 spiro atoms. The summed E-state index contributed by atoms with van der Waals surface area (Å²) in [6, 6.07) is 0. The van der Waals surface area contributed by atoms with Crippen LogP contribution in [-0.4, -0.2) is 55.3 Å². The van der Waals surface area contributed by atoms with Crippen molar-refractivity contribution in [1.82, 2.24) is 0 Å². The van der Waals surface area contributed by atoms with E-state index in [2.05, 4.69) is 0 Å². The third-order valence-electron chi connectivity index (χ3n) is 2.85. The van der Waals surface area contributed by atoms with Gasteiger partial charge in [0.2, 0.25) is 7.37 Å². The monoisotopic (exact) mass is 296 g/mol. The number of ether oxygens (including phenoxy) is 4. The van der Waals surface area contributed by atoms with Gasteiger partial charge in [0.1, 0.15) is 18.6 Å². The van der Waals surface area contributed by atoms with Crippen molar-refractivity contribution in [3.05, 3.63) is 0 Å². The Morgan fingerprint density at radius 3 is 2.63 bits per heavy atom. The molecule has 0 saturated carbocycles. The molecule has 0 aromatic heterocycles. The van der Waals surface area contributed by atoms with Crippen LogP contribution in [0.2, 0.25) is 0 Å². The third kappa shape index (κ3) is 3.55. The predicted molar refractivity (Wildman–Crippen MR) is 65.8 cm³/mol. The second kappa shape index (κ2) is 5.41. The summed E-state index contributed by atoms with van der Waals surface area (Å²) < 4.78 is 38.7. The van der Waals surface area contributed by atoms with E-state index < -0.39 is 37.9 Å². The van der Waals surface area contributed by atoms with E-state index in [0.29, 0.717) is 6.61 Å². The van der Waals surface area contributed by atoms with Gasteiger partial charge in [-0.2, -0.15) is 0 Å². The van der Waals surface area contributed by atoms with Crippen LogP contribution in [0.1, 0.15) is 20.8 Å². The van der Waals surface area contributed by atoms with Crippen molar-refractivity contribution < 1.29 is 33.1 Å². The van der Waals surface area contributed by atoms with Crippen LogP contribution in [-0.2, 0) is 28.0 Å². The average Bonchev–Trinajstić information content (AvgIpc) is 2.71. The summed E-state index contributed by atoms with van der Waals surface area (Å²) in [6.07, 6.45) is -3.28. The molecule has 2 aliphatic rings. The first-order chi connectivity index (χ1) is 8.74. The minimum absolute atomic E-state index is 0.120. The molecule has 0 aromatic rings. The molecule has 2 fully saturated rings. The van der Waals surface area contributed by atoms with E-state index in [1.807, 2.05) is 0 Å². The van der Waals surface area contributed by atoms with Crippen molar-refractivity contribution >= 4 is 7.37 Å². The highest BCUT2D eigenvalue weighted by molar-refractivity contribution is 7.57. The van der Waals surface area contributed by atoms with Gasteiger partial charge < -0.3 is 28.6 Å². The summed E-state index contributed by atoms with van der Waals surface area (Å²) in [5.41, 5.74) is 0. The van der Waals surface area contributed by atoms with E-state index in [1.165, 1.54) is 6.66 Å². The number of aliphatic hydroxyl groups is 1. The molecule has 7 nitrogen and oxygen atoms in total. The van der Waals surface area contributed by atoms with E-state index in [0.717, 1.165) is 0 Å². The van der Waals surface area contributed by atoms with Crippen LogP contribution in [0.25, 0.3) is 0 Å². The molecule has 19 heavy (non-hydrogen) atoms. The molecule has 0 aromatic carbocycles. The number of hydrogen-bond donors (Lipinski definition) is 1. The first kappa shape index (κ1) is 15.4. The highest BCUT2D eigenvalue weighted by Crippen LogP contribution is 2.44. The van der Waals surface area contributed by atoms with Crippen molar-refractivity contribution in [3.8, 4) is 0 Å². The van der Waals surface area contributed by atoms with E-state index in [1.54, 1.807) is 20.8 Å². The maximum absolute atomic E-state index is 11.9. The first-order valence-electron chi connectivity index (χ1n) is 6.26. The molecular formula is C11H21O7P. The second-order valence-corrected chi connectivity index (χ2v) is 7.74. The van der Waals surface area contributed by atoms with Crippen molar-refractivity contribution in [2.75, 3.05) is 19.6 Å². The normalized spacial score (nSPS) is 40.1. The van der Waals surface area contributed by atoms with Gasteiger partial charge in [-0.1, -0.05) is 0 Å². The summed E-state index contributed by atoms with van der Waals surface area (Å²) in [6.45, 7) is 7.07. The Hall–Kier alpha value is -0.0100. The topological polar surface area (TPSA) is 83.5 Å². The Kier molecular flexibility index (Phi) is 4.38. The van der Waals surface area contributed by atoms with Gasteiger partial charge in [0.05, 0.1) is 6.61 Å². The maximum Gasteiger partial charge on any atom is 0.225 e. The van der Waals surface area contributed by atoms with Gasteiger partial charge in [-0.15, -0.1) is 0 Å². The number of aliphatic hydroxyl groups excluding tert-OH is 1. The van der Waals surface area contributed by atoms with Gasteiger partial charge in [0, 0.05) is 6.66 Å². The van der Waals surface area contributed by atoms with Crippen LogP contribution in [0, 0.1) is 0 Å². The quantitative estimate of drug-likeness (QED) is 0.760. The highest BCUT2D eigenvalue weighted by Gasteiger charge is 2.55. The molecule has 5 atom stereocenters.